The van der Waals surface area contributed by atoms with Gasteiger partial charge < -0.3 is 20.0 Å². The van der Waals surface area contributed by atoms with Gasteiger partial charge in [-0.2, -0.15) is 0 Å². The number of Topliss-reactive ketones (excluding diaryl/α,β-unsaturated/α-hetero) is 1. The smallest absolute Gasteiger partial charge is 0.390 e. The average Bonchev–Trinajstić information content (AvgIpc) is 2.92. The lowest BCUT2D eigenvalue weighted by Gasteiger charge is -2.62. The van der Waals surface area contributed by atoms with E-state index in [1.54, 1.807) is 0 Å². The SMILES string of the molecule is [2H]C1=C2C([2H])([2H])C[C@H]3[C@@H]4C[C@H](C)[C@](O)(C(=O)C([2H])([2H])OP(=O)(O)O)[C@@]4(C)C[C@H](O)[C@]3(F)[C@@]2(C)C=CC1=O. The van der Waals surface area contributed by atoms with Crippen LogP contribution in [0.2, 0.25) is 0 Å². The molecule has 0 heterocycles. The molecule has 4 aliphatic carbocycles. The fraction of sp³-hybridized carbons (Fsp3) is 0.727. The summed E-state index contributed by atoms with van der Waals surface area (Å²) >= 11 is 0. The molecule has 8 atom stereocenters. The van der Waals surface area contributed by atoms with Crippen LogP contribution in [-0.2, 0) is 18.7 Å². The Bertz CT molecular complexity index is 1190. The summed E-state index contributed by atoms with van der Waals surface area (Å²) in [5.41, 5.74) is -9.33. The predicted molar refractivity (Wildman–Crippen MR) is 111 cm³/mol. The summed E-state index contributed by atoms with van der Waals surface area (Å²) < 4.78 is 74.0. The fourth-order valence-corrected chi connectivity index (χ4v) is 6.93. The number of alkyl halides is 1. The number of aliphatic hydroxyl groups excluding tert-OH is 1. The average molecular weight is 477 g/mol. The van der Waals surface area contributed by atoms with Crippen molar-refractivity contribution in [1.29, 1.82) is 0 Å². The quantitative estimate of drug-likeness (QED) is 0.451. The van der Waals surface area contributed by atoms with Crippen molar-refractivity contribution in [3.8, 4) is 0 Å². The highest BCUT2D eigenvalue weighted by Gasteiger charge is 2.75. The van der Waals surface area contributed by atoms with E-state index in [9.17, 15) is 24.4 Å². The highest BCUT2D eigenvalue weighted by molar-refractivity contribution is 7.46. The van der Waals surface area contributed by atoms with Crippen molar-refractivity contribution >= 4 is 19.4 Å². The van der Waals surface area contributed by atoms with Crippen molar-refractivity contribution in [3.05, 3.63) is 23.8 Å². The maximum Gasteiger partial charge on any atom is 0.470 e. The summed E-state index contributed by atoms with van der Waals surface area (Å²) in [4.78, 5) is 43.7. The van der Waals surface area contributed by atoms with E-state index in [-0.39, 0.29) is 6.42 Å². The van der Waals surface area contributed by atoms with E-state index in [0.717, 1.165) is 12.2 Å². The molecule has 0 aliphatic heterocycles. The normalized spacial score (nSPS) is 52.6. The predicted octanol–water partition coefficient (Wildman–Crippen LogP) is 2.01. The molecule has 0 amide bonds. The van der Waals surface area contributed by atoms with E-state index in [0.29, 0.717) is 0 Å². The molecule has 0 unspecified atom stereocenters. The summed E-state index contributed by atoms with van der Waals surface area (Å²) in [5.74, 6) is -5.92. The molecule has 178 valence electrons. The molecule has 0 aromatic heterocycles. The molecule has 3 saturated carbocycles. The summed E-state index contributed by atoms with van der Waals surface area (Å²) in [6, 6.07) is -0.694. The lowest BCUT2D eigenvalue weighted by atomic mass is 9.44. The molecule has 3 fully saturated rings. The first-order chi connectivity index (χ1) is 16.5. The third-order valence-corrected chi connectivity index (χ3v) is 8.70. The molecule has 0 radical (unpaired) electrons. The monoisotopic (exact) mass is 477 g/mol. The molecule has 4 rings (SSSR count). The van der Waals surface area contributed by atoms with E-state index in [4.69, 9.17) is 16.6 Å². The molecule has 0 aromatic carbocycles. The number of fused-ring (bicyclic) bond motifs is 5. The molecule has 0 spiro atoms. The Labute approximate surface area is 192 Å². The number of carbonyl (C=O) groups excluding carboxylic acids is 2. The van der Waals surface area contributed by atoms with Crippen LogP contribution in [0, 0.1) is 28.6 Å². The van der Waals surface area contributed by atoms with Gasteiger partial charge in [-0.3, -0.25) is 14.1 Å². The van der Waals surface area contributed by atoms with Crippen LogP contribution >= 0.6 is 7.82 Å². The van der Waals surface area contributed by atoms with Gasteiger partial charge in [0.2, 0.25) is 0 Å². The van der Waals surface area contributed by atoms with Gasteiger partial charge in [0.1, 0.15) is 12.2 Å². The number of phosphoric acid groups is 1. The van der Waals surface area contributed by atoms with E-state index < -0.39 is 103 Å². The van der Waals surface area contributed by atoms with Crippen molar-refractivity contribution in [2.45, 2.75) is 63.8 Å². The highest BCUT2D eigenvalue weighted by Crippen LogP contribution is 2.70. The van der Waals surface area contributed by atoms with E-state index in [1.165, 1.54) is 20.8 Å². The zero-order valence-electron chi connectivity index (χ0n) is 22.8. The van der Waals surface area contributed by atoms with Gasteiger partial charge in [-0.15, -0.1) is 0 Å². The fourth-order valence-electron chi connectivity index (χ4n) is 6.73. The van der Waals surface area contributed by atoms with Gasteiger partial charge in [0.15, 0.2) is 17.2 Å². The molecule has 0 aromatic rings. The lowest BCUT2D eigenvalue weighted by Crippen LogP contribution is -2.69. The van der Waals surface area contributed by atoms with E-state index in [1.807, 2.05) is 0 Å². The molecule has 10 heteroatoms. The number of halogens is 1. The van der Waals surface area contributed by atoms with Crippen LogP contribution in [0.3, 0.4) is 0 Å². The molecule has 4 N–H and O–H groups in total. The number of ketones is 2. The van der Waals surface area contributed by atoms with Gasteiger partial charge in [0.05, 0.1) is 10.2 Å². The standard InChI is InChI=1S/C22H30FO8P/c1-12-8-16-15-5-4-13-9-14(24)6-7-19(13,2)21(15,23)17(25)10-20(16,3)22(12,27)18(26)11-31-32(28,29)30/h6-7,9,12,15-17,25,27H,4-5,8,10-11H2,1-3H3,(H2,28,29,30)/t12-,15-,16-,17-,19-,20-,21-,22-/m0/s1/i4D2,9D,11D2. The third kappa shape index (κ3) is 2.95. The molecule has 8 nitrogen and oxygen atoms in total. The Morgan fingerprint density at radius 1 is 1.44 bits per heavy atom. The minimum absolute atomic E-state index is 0.102. The van der Waals surface area contributed by atoms with Gasteiger partial charge >= 0.3 is 7.82 Å². The van der Waals surface area contributed by atoms with Gasteiger partial charge in [0.25, 0.3) is 0 Å². The second-order valence-corrected chi connectivity index (χ2v) is 11.0. The molecular formula is C22H30FO8P. The molecule has 32 heavy (non-hydrogen) atoms. The molecule has 0 bridgehead atoms. The van der Waals surface area contributed by atoms with Gasteiger partial charge in [-0.25, -0.2) is 8.96 Å². The zero-order valence-corrected chi connectivity index (χ0v) is 18.7. The first-order valence-electron chi connectivity index (χ1n) is 12.9. The molecule has 4 aliphatic rings. The van der Waals surface area contributed by atoms with Crippen LogP contribution < -0.4 is 0 Å². The number of aliphatic hydroxyl groups is 2. The first-order valence-corrected chi connectivity index (χ1v) is 11.9. The van der Waals surface area contributed by atoms with Crippen molar-refractivity contribution in [3.63, 3.8) is 0 Å². The third-order valence-electron chi connectivity index (χ3n) is 8.37. The van der Waals surface area contributed by atoms with Crippen LogP contribution in [0.5, 0.6) is 0 Å². The maximum atomic E-state index is 17.4. The minimum atomic E-state index is -5.51. The van der Waals surface area contributed by atoms with Gasteiger partial charge in [-0.1, -0.05) is 25.5 Å². The number of allylic oxidation sites excluding steroid dienone is 4. The summed E-state index contributed by atoms with van der Waals surface area (Å²) in [7, 11) is -5.51. The van der Waals surface area contributed by atoms with Crippen LogP contribution in [0.4, 0.5) is 4.39 Å². The minimum Gasteiger partial charge on any atom is -0.390 e. The Morgan fingerprint density at radius 2 is 2.09 bits per heavy atom. The van der Waals surface area contributed by atoms with Crippen molar-refractivity contribution in [1.82, 2.24) is 0 Å². The summed E-state index contributed by atoms with van der Waals surface area (Å²) in [5, 5.41) is 23.1. The number of phosphoric ester groups is 1. The van der Waals surface area contributed by atoms with Crippen LogP contribution in [0.25, 0.3) is 0 Å². The van der Waals surface area contributed by atoms with Gasteiger partial charge in [0, 0.05) is 19.5 Å². The lowest BCUT2D eigenvalue weighted by molar-refractivity contribution is -0.219. The van der Waals surface area contributed by atoms with Crippen LogP contribution in [-0.4, -0.2) is 55.5 Å². The number of rotatable bonds is 4. The van der Waals surface area contributed by atoms with Crippen molar-refractivity contribution in [2.24, 2.45) is 28.6 Å². The van der Waals surface area contributed by atoms with Gasteiger partial charge in [-0.05, 0) is 56.5 Å². The molecular weight excluding hydrogens is 442 g/mol. The Kier molecular flexibility index (Phi) is 4.05. The molecule has 0 saturated heterocycles. The van der Waals surface area contributed by atoms with E-state index in [2.05, 4.69) is 4.52 Å². The zero-order chi connectivity index (χ0) is 28.4. The number of carbonyl (C=O) groups is 2. The second kappa shape index (κ2) is 7.14. The number of hydrogen-bond acceptors (Lipinski definition) is 6. The largest absolute Gasteiger partial charge is 0.470 e. The van der Waals surface area contributed by atoms with Crippen molar-refractivity contribution in [2.75, 3.05) is 6.56 Å². The topological polar surface area (TPSA) is 141 Å². The van der Waals surface area contributed by atoms with Crippen LogP contribution in [0.15, 0.2) is 23.8 Å². The second-order valence-electron chi connectivity index (χ2n) is 9.82. The maximum absolute atomic E-state index is 17.4. The Hall–Kier alpha value is -1.22. The van der Waals surface area contributed by atoms with E-state index >= 15 is 4.39 Å². The number of hydrogen-bond donors (Lipinski definition) is 4. The van der Waals surface area contributed by atoms with Crippen molar-refractivity contribution < 1.29 is 49.9 Å². The first kappa shape index (κ1) is 18.2. The van der Waals surface area contributed by atoms with Crippen LogP contribution in [0.1, 0.15) is 53.3 Å². The Morgan fingerprint density at radius 3 is 2.72 bits per heavy atom. The Balaban J connectivity index is 1.87. The summed E-state index contributed by atoms with van der Waals surface area (Å²) in [6.07, 6.45) is -3.47. The summed E-state index contributed by atoms with van der Waals surface area (Å²) in [6.45, 7) is 0.393. The highest BCUT2D eigenvalue weighted by atomic mass is 31.2.